The monoisotopic (exact) mass is 347 g/mol. The first-order valence-electron chi connectivity index (χ1n) is 8.33. The molecule has 1 aromatic heterocycles. The SMILES string of the molecule is CCn1cc(C(=O)N2CCC(C(O)c3ccc(Cl)cc3)CC2)cn1. The molecule has 3 rings (SSSR count). The summed E-state index contributed by atoms with van der Waals surface area (Å²) in [6, 6.07) is 7.32. The second-order valence-electron chi connectivity index (χ2n) is 6.21. The Hall–Kier alpha value is -1.85. The van der Waals surface area contributed by atoms with E-state index < -0.39 is 6.10 Å². The van der Waals surface area contributed by atoms with Crippen LogP contribution in [-0.2, 0) is 6.54 Å². The maximum Gasteiger partial charge on any atom is 0.257 e. The first-order chi connectivity index (χ1) is 11.6. The molecule has 1 unspecified atom stereocenters. The van der Waals surface area contributed by atoms with Crippen molar-refractivity contribution in [3.63, 3.8) is 0 Å². The van der Waals surface area contributed by atoms with E-state index in [1.807, 2.05) is 24.0 Å². The minimum atomic E-state index is -0.512. The Balaban J connectivity index is 1.58. The fourth-order valence-electron chi connectivity index (χ4n) is 3.18. The first kappa shape index (κ1) is 17.0. The highest BCUT2D eigenvalue weighted by molar-refractivity contribution is 6.30. The average molecular weight is 348 g/mol. The molecule has 1 amide bonds. The number of aryl methyl sites for hydroxylation is 1. The molecule has 1 saturated heterocycles. The van der Waals surface area contributed by atoms with Gasteiger partial charge in [-0.3, -0.25) is 9.48 Å². The van der Waals surface area contributed by atoms with Crippen molar-refractivity contribution in [2.75, 3.05) is 13.1 Å². The zero-order chi connectivity index (χ0) is 17.1. The average Bonchev–Trinajstić information content (AvgIpc) is 3.10. The van der Waals surface area contributed by atoms with Gasteiger partial charge < -0.3 is 10.0 Å². The lowest BCUT2D eigenvalue weighted by Crippen LogP contribution is -2.39. The van der Waals surface area contributed by atoms with E-state index in [-0.39, 0.29) is 11.8 Å². The summed E-state index contributed by atoms with van der Waals surface area (Å²) in [5, 5.41) is 15.4. The van der Waals surface area contributed by atoms with Crippen LogP contribution in [0.2, 0.25) is 5.02 Å². The van der Waals surface area contributed by atoms with E-state index in [9.17, 15) is 9.90 Å². The van der Waals surface area contributed by atoms with Crippen LogP contribution in [0.15, 0.2) is 36.7 Å². The number of rotatable bonds is 4. The minimum absolute atomic E-state index is 0.0223. The zero-order valence-electron chi connectivity index (χ0n) is 13.7. The standard InChI is InChI=1S/C18H22ClN3O2/c1-2-22-12-15(11-20-22)18(24)21-9-7-14(8-10-21)17(23)13-3-5-16(19)6-4-13/h3-6,11-12,14,17,23H,2,7-10H2,1H3. The highest BCUT2D eigenvalue weighted by Crippen LogP contribution is 2.31. The van der Waals surface area contributed by atoms with Gasteiger partial charge in [0.05, 0.1) is 17.9 Å². The third-order valence-electron chi connectivity index (χ3n) is 4.69. The Labute approximate surface area is 146 Å². The van der Waals surface area contributed by atoms with E-state index in [1.54, 1.807) is 29.2 Å². The number of benzene rings is 1. The number of likely N-dealkylation sites (tertiary alicyclic amines) is 1. The molecule has 1 atom stereocenters. The summed E-state index contributed by atoms with van der Waals surface area (Å²) in [5.74, 6) is 0.183. The van der Waals surface area contributed by atoms with Crippen LogP contribution in [-0.4, -0.2) is 38.8 Å². The summed E-state index contributed by atoms with van der Waals surface area (Å²) in [7, 11) is 0. The number of hydrogen-bond donors (Lipinski definition) is 1. The lowest BCUT2D eigenvalue weighted by molar-refractivity contribution is 0.0462. The quantitative estimate of drug-likeness (QED) is 0.924. The van der Waals surface area contributed by atoms with Gasteiger partial charge in [-0.2, -0.15) is 5.10 Å². The molecule has 6 heteroatoms. The molecule has 0 saturated carbocycles. The highest BCUT2D eigenvalue weighted by atomic mass is 35.5. The van der Waals surface area contributed by atoms with Gasteiger partial charge >= 0.3 is 0 Å². The number of aliphatic hydroxyl groups is 1. The second kappa shape index (κ2) is 7.36. The molecule has 1 fully saturated rings. The van der Waals surface area contributed by atoms with Crippen LogP contribution in [0.3, 0.4) is 0 Å². The normalized spacial score (nSPS) is 17.0. The van der Waals surface area contributed by atoms with E-state index in [2.05, 4.69) is 5.10 Å². The predicted octanol–water partition coefficient (Wildman–Crippen LogP) is 3.14. The van der Waals surface area contributed by atoms with Crippen molar-refractivity contribution in [3.05, 3.63) is 52.8 Å². The Kier molecular flexibility index (Phi) is 5.21. The molecular formula is C18H22ClN3O2. The molecule has 0 aliphatic carbocycles. The van der Waals surface area contributed by atoms with Crippen LogP contribution < -0.4 is 0 Å². The fraction of sp³-hybridized carbons (Fsp3) is 0.444. The molecule has 2 aromatic rings. The van der Waals surface area contributed by atoms with Crippen LogP contribution >= 0.6 is 11.6 Å². The molecule has 1 aliphatic rings. The molecule has 0 bridgehead atoms. The molecule has 0 spiro atoms. The van der Waals surface area contributed by atoms with E-state index in [4.69, 9.17) is 11.6 Å². The Morgan fingerprint density at radius 3 is 2.58 bits per heavy atom. The fourth-order valence-corrected chi connectivity index (χ4v) is 3.31. The largest absolute Gasteiger partial charge is 0.388 e. The van der Waals surface area contributed by atoms with Crippen LogP contribution in [0.4, 0.5) is 0 Å². The molecule has 24 heavy (non-hydrogen) atoms. The number of carbonyl (C=O) groups is 1. The molecular weight excluding hydrogens is 326 g/mol. The summed E-state index contributed by atoms with van der Waals surface area (Å²) < 4.78 is 1.75. The molecule has 1 N–H and O–H groups in total. The van der Waals surface area contributed by atoms with Gasteiger partial charge in [0.15, 0.2) is 0 Å². The minimum Gasteiger partial charge on any atom is -0.388 e. The molecule has 1 aromatic carbocycles. The molecule has 2 heterocycles. The van der Waals surface area contributed by atoms with E-state index >= 15 is 0 Å². The molecule has 1 aliphatic heterocycles. The zero-order valence-corrected chi connectivity index (χ0v) is 14.5. The first-order valence-corrected chi connectivity index (χ1v) is 8.71. The lowest BCUT2D eigenvalue weighted by Gasteiger charge is -2.34. The predicted molar refractivity (Wildman–Crippen MR) is 92.9 cm³/mol. The summed E-state index contributed by atoms with van der Waals surface area (Å²) >= 11 is 5.89. The van der Waals surface area contributed by atoms with Gasteiger partial charge in [-0.25, -0.2) is 0 Å². The summed E-state index contributed by atoms with van der Waals surface area (Å²) in [6.07, 6.45) is 4.48. The maximum atomic E-state index is 12.5. The second-order valence-corrected chi connectivity index (χ2v) is 6.65. The number of aromatic nitrogens is 2. The van der Waals surface area contributed by atoms with Crippen LogP contribution in [0.25, 0.3) is 0 Å². The van der Waals surface area contributed by atoms with Crippen molar-refractivity contribution >= 4 is 17.5 Å². The van der Waals surface area contributed by atoms with Gasteiger partial charge in [0.25, 0.3) is 5.91 Å². The van der Waals surface area contributed by atoms with Gasteiger partial charge in [-0.1, -0.05) is 23.7 Å². The Bertz CT molecular complexity index is 691. The topological polar surface area (TPSA) is 58.4 Å². The van der Waals surface area contributed by atoms with Crippen molar-refractivity contribution in [1.29, 1.82) is 0 Å². The van der Waals surface area contributed by atoms with Gasteiger partial charge in [0.2, 0.25) is 0 Å². The van der Waals surface area contributed by atoms with Crippen molar-refractivity contribution in [1.82, 2.24) is 14.7 Å². The molecule has 0 radical (unpaired) electrons. The molecule has 128 valence electrons. The van der Waals surface area contributed by atoms with Crippen molar-refractivity contribution in [2.24, 2.45) is 5.92 Å². The number of halogens is 1. The third kappa shape index (κ3) is 3.62. The summed E-state index contributed by atoms with van der Waals surface area (Å²) in [5.41, 5.74) is 1.52. The highest BCUT2D eigenvalue weighted by Gasteiger charge is 2.29. The van der Waals surface area contributed by atoms with E-state index in [1.165, 1.54) is 0 Å². The lowest BCUT2D eigenvalue weighted by atomic mass is 9.87. The number of aliphatic hydroxyl groups excluding tert-OH is 1. The van der Waals surface area contributed by atoms with Crippen LogP contribution in [0, 0.1) is 5.92 Å². The molecule has 5 nitrogen and oxygen atoms in total. The Morgan fingerprint density at radius 2 is 2.00 bits per heavy atom. The number of piperidine rings is 1. The van der Waals surface area contributed by atoms with Gasteiger partial charge in [-0.05, 0) is 43.4 Å². The van der Waals surface area contributed by atoms with Crippen LogP contribution in [0.5, 0.6) is 0 Å². The number of nitrogens with zero attached hydrogens (tertiary/aromatic N) is 3. The van der Waals surface area contributed by atoms with Gasteiger partial charge in [0.1, 0.15) is 0 Å². The van der Waals surface area contributed by atoms with Gasteiger partial charge in [-0.15, -0.1) is 0 Å². The van der Waals surface area contributed by atoms with Crippen LogP contribution in [0.1, 0.15) is 41.8 Å². The van der Waals surface area contributed by atoms with E-state index in [0.29, 0.717) is 23.7 Å². The van der Waals surface area contributed by atoms with Gasteiger partial charge in [0, 0.05) is 30.9 Å². The Morgan fingerprint density at radius 1 is 1.33 bits per heavy atom. The summed E-state index contributed by atoms with van der Waals surface area (Å²) in [4.78, 5) is 14.4. The third-order valence-corrected chi connectivity index (χ3v) is 4.94. The maximum absolute atomic E-state index is 12.5. The number of carbonyl (C=O) groups excluding carboxylic acids is 1. The van der Waals surface area contributed by atoms with Crippen molar-refractivity contribution < 1.29 is 9.90 Å². The smallest absolute Gasteiger partial charge is 0.257 e. The van der Waals surface area contributed by atoms with Crippen molar-refractivity contribution in [2.45, 2.75) is 32.4 Å². The summed E-state index contributed by atoms with van der Waals surface area (Å²) in [6.45, 7) is 4.06. The number of amides is 1. The van der Waals surface area contributed by atoms with E-state index in [0.717, 1.165) is 24.9 Å². The van der Waals surface area contributed by atoms with Crippen molar-refractivity contribution in [3.8, 4) is 0 Å². The number of hydrogen-bond acceptors (Lipinski definition) is 3.